The molecule has 2 amide bonds. The van der Waals surface area contributed by atoms with Crippen molar-refractivity contribution in [2.75, 3.05) is 11.9 Å². The minimum absolute atomic E-state index is 0.00667. The van der Waals surface area contributed by atoms with Gasteiger partial charge in [-0.3, -0.25) is 9.59 Å². The van der Waals surface area contributed by atoms with Crippen LogP contribution in [0.2, 0.25) is 0 Å². The zero-order valence-electron chi connectivity index (χ0n) is 15.0. The molecule has 1 aliphatic heterocycles. The predicted molar refractivity (Wildman–Crippen MR) is 105 cm³/mol. The summed E-state index contributed by atoms with van der Waals surface area (Å²) in [5.74, 6) is -0.108. The molecule has 6 heteroatoms. The number of furan rings is 1. The van der Waals surface area contributed by atoms with Crippen molar-refractivity contribution in [3.63, 3.8) is 0 Å². The number of thiophene rings is 1. The fraction of sp³-hybridized carbons (Fsp3) is 0.238. The largest absolute Gasteiger partial charge is 0.459 e. The molecule has 4 rings (SSSR count). The summed E-state index contributed by atoms with van der Waals surface area (Å²) in [6, 6.07) is 12.6. The SMILES string of the molecule is CCC1c2ccsc2CCN1C(=O)c1cccc(NC(=O)c2ccco2)c1. The number of rotatable bonds is 4. The van der Waals surface area contributed by atoms with Crippen molar-refractivity contribution in [3.8, 4) is 0 Å². The van der Waals surface area contributed by atoms with Crippen LogP contribution in [0.4, 0.5) is 5.69 Å². The van der Waals surface area contributed by atoms with Crippen LogP contribution < -0.4 is 5.32 Å². The van der Waals surface area contributed by atoms with Crippen molar-refractivity contribution in [3.05, 3.63) is 75.9 Å². The molecule has 1 atom stereocenters. The molecule has 0 radical (unpaired) electrons. The van der Waals surface area contributed by atoms with E-state index in [-0.39, 0.29) is 23.6 Å². The van der Waals surface area contributed by atoms with Gasteiger partial charge in [-0.05, 0) is 60.2 Å². The fourth-order valence-corrected chi connectivity index (χ4v) is 4.50. The smallest absolute Gasteiger partial charge is 0.291 e. The number of amides is 2. The highest BCUT2D eigenvalue weighted by molar-refractivity contribution is 7.10. The Morgan fingerprint density at radius 1 is 1.26 bits per heavy atom. The molecule has 0 bridgehead atoms. The third-order valence-corrected chi connectivity index (χ3v) is 5.85. The number of fused-ring (bicyclic) bond motifs is 1. The first-order valence-electron chi connectivity index (χ1n) is 8.99. The molecule has 5 nitrogen and oxygen atoms in total. The third-order valence-electron chi connectivity index (χ3n) is 4.85. The van der Waals surface area contributed by atoms with Crippen LogP contribution in [0, 0.1) is 0 Å². The van der Waals surface area contributed by atoms with E-state index in [2.05, 4.69) is 23.7 Å². The summed E-state index contributed by atoms with van der Waals surface area (Å²) in [6.07, 6.45) is 3.23. The topological polar surface area (TPSA) is 62.6 Å². The number of benzene rings is 1. The van der Waals surface area contributed by atoms with Gasteiger partial charge >= 0.3 is 0 Å². The molecule has 1 unspecified atom stereocenters. The van der Waals surface area contributed by atoms with E-state index in [1.165, 1.54) is 16.7 Å². The van der Waals surface area contributed by atoms with Crippen LogP contribution >= 0.6 is 11.3 Å². The van der Waals surface area contributed by atoms with Crippen LogP contribution in [0.3, 0.4) is 0 Å². The van der Waals surface area contributed by atoms with Crippen molar-refractivity contribution in [1.82, 2.24) is 4.90 Å². The second-order valence-electron chi connectivity index (χ2n) is 6.48. The summed E-state index contributed by atoms with van der Waals surface area (Å²) in [7, 11) is 0. The summed E-state index contributed by atoms with van der Waals surface area (Å²) in [6.45, 7) is 2.82. The minimum atomic E-state index is -0.336. The zero-order chi connectivity index (χ0) is 18.8. The molecule has 3 aromatic rings. The zero-order valence-corrected chi connectivity index (χ0v) is 15.8. The second-order valence-corrected chi connectivity index (χ2v) is 7.48. The Labute approximate surface area is 161 Å². The molecule has 0 aliphatic carbocycles. The van der Waals surface area contributed by atoms with Crippen LogP contribution in [-0.4, -0.2) is 23.3 Å². The lowest BCUT2D eigenvalue weighted by Crippen LogP contribution is -2.39. The Balaban J connectivity index is 1.55. The quantitative estimate of drug-likeness (QED) is 0.711. The molecule has 1 aromatic carbocycles. The maximum absolute atomic E-state index is 13.2. The first-order chi connectivity index (χ1) is 13.2. The summed E-state index contributed by atoms with van der Waals surface area (Å²) in [5, 5.41) is 4.88. The molecule has 1 N–H and O–H groups in total. The Bertz CT molecular complexity index is 961. The van der Waals surface area contributed by atoms with Crippen molar-refractivity contribution >= 4 is 28.8 Å². The standard InChI is InChI=1S/C21H20N2O3S/c1-2-17-16-9-12-27-19(16)8-10-23(17)21(25)14-5-3-6-15(13-14)22-20(24)18-7-4-11-26-18/h3-7,9,11-13,17H,2,8,10H2,1H3,(H,22,24). The Morgan fingerprint density at radius 2 is 2.15 bits per heavy atom. The van der Waals surface area contributed by atoms with Crippen LogP contribution in [0.1, 0.15) is 50.7 Å². The van der Waals surface area contributed by atoms with E-state index in [0.29, 0.717) is 17.8 Å². The number of carbonyl (C=O) groups is 2. The maximum Gasteiger partial charge on any atom is 0.291 e. The van der Waals surface area contributed by atoms with Crippen molar-refractivity contribution in [1.29, 1.82) is 0 Å². The first-order valence-corrected chi connectivity index (χ1v) is 9.87. The summed E-state index contributed by atoms with van der Waals surface area (Å²) in [5.41, 5.74) is 2.41. The molecule has 0 fully saturated rings. The van der Waals surface area contributed by atoms with Gasteiger partial charge in [-0.1, -0.05) is 13.0 Å². The first kappa shape index (κ1) is 17.5. The van der Waals surface area contributed by atoms with Gasteiger partial charge in [-0.2, -0.15) is 0 Å². The van der Waals surface area contributed by atoms with Crippen LogP contribution in [0.15, 0.2) is 58.5 Å². The summed E-state index contributed by atoms with van der Waals surface area (Å²) >= 11 is 1.77. The number of nitrogens with one attached hydrogen (secondary N) is 1. The van der Waals surface area contributed by atoms with Gasteiger partial charge in [0.15, 0.2) is 5.76 Å². The number of carbonyl (C=O) groups excluding carboxylic acids is 2. The molecule has 0 saturated carbocycles. The lowest BCUT2D eigenvalue weighted by Gasteiger charge is -2.35. The lowest BCUT2D eigenvalue weighted by atomic mass is 9.97. The number of anilines is 1. The third kappa shape index (κ3) is 3.40. The highest BCUT2D eigenvalue weighted by atomic mass is 32.1. The van der Waals surface area contributed by atoms with Gasteiger partial charge < -0.3 is 14.6 Å². The van der Waals surface area contributed by atoms with Gasteiger partial charge in [-0.25, -0.2) is 0 Å². The van der Waals surface area contributed by atoms with E-state index in [0.717, 1.165) is 12.8 Å². The van der Waals surface area contributed by atoms with Crippen LogP contribution in [-0.2, 0) is 6.42 Å². The maximum atomic E-state index is 13.2. The molecule has 0 spiro atoms. The second kappa shape index (κ2) is 7.40. The minimum Gasteiger partial charge on any atom is -0.459 e. The highest BCUT2D eigenvalue weighted by Crippen LogP contribution is 2.36. The lowest BCUT2D eigenvalue weighted by molar-refractivity contribution is 0.0657. The van der Waals surface area contributed by atoms with Crippen LogP contribution in [0.5, 0.6) is 0 Å². The molecule has 3 heterocycles. The average Bonchev–Trinajstić information content (AvgIpc) is 3.38. The summed E-state index contributed by atoms with van der Waals surface area (Å²) < 4.78 is 5.11. The van der Waals surface area contributed by atoms with E-state index >= 15 is 0 Å². The van der Waals surface area contributed by atoms with E-state index in [4.69, 9.17) is 4.42 Å². The fourth-order valence-electron chi connectivity index (χ4n) is 3.58. The average molecular weight is 380 g/mol. The normalized spacial score (nSPS) is 16.0. The van der Waals surface area contributed by atoms with Crippen molar-refractivity contribution in [2.45, 2.75) is 25.8 Å². The van der Waals surface area contributed by atoms with Gasteiger partial charge in [0.25, 0.3) is 11.8 Å². The number of hydrogen-bond acceptors (Lipinski definition) is 4. The molecule has 1 aliphatic rings. The van der Waals surface area contributed by atoms with Gasteiger partial charge in [-0.15, -0.1) is 11.3 Å². The van der Waals surface area contributed by atoms with E-state index < -0.39 is 0 Å². The molecular formula is C21H20N2O3S. The molecule has 2 aromatic heterocycles. The molecule has 138 valence electrons. The number of nitrogens with zero attached hydrogens (tertiary/aromatic N) is 1. The monoisotopic (exact) mass is 380 g/mol. The Hall–Kier alpha value is -2.86. The summed E-state index contributed by atoms with van der Waals surface area (Å²) in [4.78, 5) is 28.7. The van der Waals surface area contributed by atoms with Crippen LogP contribution in [0.25, 0.3) is 0 Å². The van der Waals surface area contributed by atoms with Gasteiger partial charge in [0.1, 0.15) is 0 Å². The van der Waals surface area contributed by atoms with Gasteiger partial charge in [0, 0.05) is 22.7 Å². The van der Waals surface area contributed by atoms with E-state index in [1.807, 2.05) is 4.90 Å². The van der Waals surface area contributed by atoms with Gasteiger partial charge in [0.05, 0.1) is 12.3 Å². The van der Waals surface area contributed by atoms with Crippen molar-refractivity contribution in [2.24, 2.45) is 0 Å². The predicted octanol–water partition coefficient (Wildman–Crippen LogP) is 4.74. The number of hydrogen-bond donors (Lipinski definition) is 1. The Morgan fingerprint density at radius 3 is 2.93 bits per heavy atom. The Kier molecular flexibility index (Phi) is 4.81. The molecule has 0 saturated heterocycles. The van der Waals surface area contributed by atoms with E-state index in [9.17, 15) is 9.59 Å². The van der Waals surface area contributed by atoms with Crippen molar-refractivity contribution < 1.29 is 14.0 Å². The highest BCUT2D eigenvalue weighted by Gasteiger charge is 2.30. The molecule has 27 heavy (non-hydrogen) atoms. The van der Waals surface area contributed by atoms with Gasteiger partial charge in [0.2, 0.25) is 0 Å². The van der Waals surface area contributed by atoms with E-state index in [1.54, 1.807) is 47.7 Å². The molecular weight excluding hydrogens is 360 g/mol.